The molecule has 0 amide bonds. The van der Waals surface area contributed by atoms with Crippen LogP contribution < -0.4 is 0 Å². The molecule has 2 atom stereocenters. The van der Waals surface area contributed by atoms with E-state index in [1.165, 1.54) is 83.1 Å². The van der Waals surface area contributed by atoms with E-state index in [1.54, 1.807) is 6.92 Å². The van der Waals surface area contributed by atoms with Gasteiger partial charge < -0.3 is 14.6 Å². The Morgan fingerprint density at radius 3 is 2.05 bits per heavy atom. The van der Waals surface area contributed by atoms with Crippen molar-refractivity contribution in [1.82, 2.24) is 0 Å². The number of carbonyl (C=O) groups is 2. The smallest absolute Gasteiger partial charge is 0.333 e. The van der Waals surface area contributed by atoms with Crippen molar-refractivity contribution in [2.45, 2.75) is 110 Å². The van der Waals surface area contributed by atoms with Gasteiger partial charge >= 0.3 is 11.9 Å². The van der Waals surface area contributed by atoms with Crippen molar-refractivity contribution < 1.29 is 24.2 Å². The van der Waals surface area contributed by atoms with Crippen LogP contribution in [0.15, 0.2) is 24.8 Å². The number of hydrogen-bond acceptors (Lipinski definition) is 5. The zero-order valence-electron chi connectivity index (χ0n) is 23.8. The van der Waals surface area contributed by atoms with Crippen LogP contribution in [0.25, 0.3) is 0 Å². The summed E-state index contributed by atoms with van der Waals surface area (Å²) in [6.45, 7) is 11.7. The average Bonchev–Trinajstić information content (AvgIpc) is 2.91. The number of ether oxygens (including phenoxy) is 2. The van der Waals surface area contributed by atoms with E-state index < -0.39 is 11.9 Å². The number of carbonyl (C=O) groups excluding carboxylic acids is 2. The molecular formula is C32H54O5. The Morgan fingerprint density at radius 2 is 1.51 bits per heavy atom. The first-order valence-corrected chi connectivity index (χ1v) is 15.1. The number of aliphatic hydroxyl groups excluding tert-OH is 1. The molecule has 2 aliphatic carbocycles. The lowest BCUT2D eigenvalue weighted by Gasteiger charge is -2.38. The van der Waals surface area contributed by atoms with Gasteiger partial charge in [-0.1, -0.05) is 71.4 Å². The van der Waals surface area contributed by atoms with Crippen LogP contribution in [0.5, 0.6) is 0 Å². The van der Waals surface area contributed by atoms with Gasteiger partial charge in [0.2, 0.25) is 0 Å². The second-order valence-corrected chi connectivity index (χ2v) is 12.0. The van der Waals surface area contributed by atoms with Crippen LogP contribution in [-0.2, 0) is 19.1 Å². The topological polar surface area (TPSA) is 72.8 Å². The highest BCUT2D eigenvalue weighted by molar-refractivity contribution is 5.86. The van der Waals surface area contributed by atoms with Crippen LogP contribution in [0.2, 0.25) is 0 Å². The average molecular weight is 519 g/mol. The van der Waals surface area contributed by atoms with Crippen LogP contribution in [0, 0.1) is 35.5 Å². The third-order valence-electron chi connectivity index (χ3n) is 8.96. The normalized spacial score (nSPS) is 25.6. The van der Waals surface area contributed by atoms with Gasteiger partial charge in [0.25, 0.3) is 0 Å². The number of rotatable bonds is 17. The van der Waals surface area contributed by atoms with E-state index in [0.29, 0.717) is 24.5 Å². The van der Waals surface area contributed by atoms with Gasteiger partial charge in [0.15, 0.2) is 0 Å². The largest absolute Gasteiger partial charge is 0.462 e. The quantitative estimate of drug-likeness (QED) is 0.123. The van der Waals surface area contributed by atoms with Gasteiger partial charge in [-0.3, -0.25) is 0 Å². The molecule has 0 aliphatic heterocycles. The zero-order chi connectivity index (χ0) is 27.0. The molecule has 37 heavy (non-hydrogen) atoms. The van der Waals surface area contributed by atoms with E-state index in [-0.39, 0.29) is 25.0 Å². The van der Waals surface area contributed by atoms with E-state index in [4.69, 9.17) is 9.47 Å². The van der Waals surface area contributed by atoms with Crippen molar-refractivity contribution in [3.05, 3.63) is 24.8 Å². The van der Waals surface area contributed by atoms with Gasteiger partial charge in [0.1, 0.15) is 0 Å². The monoisotopic (exact) mass is 518 g/mol. The Bertz CT molecular complexity index is 685. The maximum Gasteiger partial charge on any atom is 0.333 e. The van der Waals surface area contributed by atoms with Crippen LogP contribution in [0.4, 0.5) is 0 Å². The lowest BCUT2D eigenvalue weighted by atomic mass is 9.67. The van der Waals surface area contributed by atoms with E-state index in [2.05, 4.69) is 20.1 Å². The number of hydrogen-bond donors (Lipinski definition) is 1. The minimum atomic E-state index is -0.397. The predicted molar refractivity (Wildman–Crippen MR) is 150 cm³/mol. The van der Waals surface area contributed by atoms with Gasteiger partial charge in [0.05, 0.1) is 13.2 Å². The molecule has 0 spiro atoms. The van der Waals surface area contributed by atoms with Crippen molar-refractivity contribution in [2.24, 2.45) is 35.5 Å². The summed E-state index contributed by atoms with van der Waals surface area (Å²) in [6.07, 6.45) is 20.0. The molecule has 2 saturated carbocycles. The third-order valence-corrected chi connectivity index (χ3v) is 8.96. The molecule has 0 bridgehead atoms. The molecule has 2 aliphatic rings. The lowest BCUT2D eigenvalue weighted by Crippen LogP contribution is -2.28. The summed E-state index contributed by atoms with van der Waals surface area (Å²) < 4.78 is 10.9. The standard InChI is InChI=1S/C32H54O5/c1-5-7-8-9-25-10-14-29(15-11-25)30-16-12-26(13-17-30)20-28(23-36-31(34)6-2)21-27(18-19-33)22-37-32(35)24(3)4/h6,25-30,33H,2-3,5,7-23H2,1,4H3. The van der Waals surface area contributed by atoms with Crippen molar-refractivity contribution >= 4 is 11.9 Å². The third kappa shape index (κ3) is 12.2. The fourth-order valence-electron chi connectivity index (χ4n) is 6.73. The molecule has 1 N–H and O–H groups in total. The minimum absolute atomic E-state index is 0.0320. The molecule has 0 aromatic rings. The van der Waals surface area contributed by atoms with Gasteiger partial charge in [-0.05, 0) is 87.4 Å². The van der Waals surface area contributed by atoms with Gasteiger partial charge in [0, 0.05) is 18.3 Å². The first kappa shape index (κ1) is 31.6. The summed E-state index contributed by atoms with van der Waals surface area (Å²) in [7, 11) is 0. The van der Waals surface area contributed by atoms with Crippen LogP contribution in [0.1, 0.15) is 110 Å². The van der Waals surface area contributed by atoms with E-state index in [9.17, 15) is 14.7 Å². The van der Waals surface area contributed by atoms with Crippen molar-refractivity contribution in [3.63, 3.8) is 0 Å². The summed E-state index contributed by atoms with van der Waals surface area (Å²) >= 11 is 0. The second-order valence-electron chi connectivity index (χ2n) is 12.0. The van der Waals surface area contributed by atoms with Crippen LogP contribution in [0.3, 0.4) is 0 Å². The van der Waals surface area contributed by atoms with Crippen molar-refractivity contribution in [1.29, 1.82) is 0 Å². The molecule has 5 nitrogen and oxygen atoms in total. The molecule has 0 saturated heterocycles. The Morgan fingerprint density at radius 1 is 0.919 bits per heavy atom. The fourth-order valence-corrected chi connectivity index (χ4v) is 6.73. The Hall–Kier alpha value is -1.62. The molecule has 0 radical (unpaired) electrons. The maximum absolute atomic E-state index is 11.9. The Balaban J connectivity index is 1.84. The van der Waals surface area contributed by atoms with Crippen LogP contribution in [-0.4, -0.2) is 36.9 Å². The molecule has 0 aromatic carbocycles. The molecular weight excluding hydrogens is 464 g/mol. The molecule has 2 fully saturated rings. The molecule has 0 heterocycles. The summed E-state index contributed by atoms with van der Waals surface area (Å²) in [5.74, 6) is 2.84. The number of aliphatic hydroxyl groups is 1. The first-order chi connectivity index (χ1) is 17.9. The highest BCUT2D eigenvalue weighted by atomic mass is 16.5. The molecule has 2 rings (SSSR count). The molecule has 0 aromatic heterocycles. The van der Waals surface area contributed by atoms with Gasteiger partial charge in [-0.15, -0.1) is 0 Å². The Kier molecular flexibility index (Phi) is 15.2. The maximum atomic E-state index is 11.9. The second kappa shape index (κ2) is 17.8. The van der Waals surface area contributed by atoms with Crippen LogP contribution >= 0.6 is 0 Å². The number of unbranched alkanes of at least 4 members (excludes halogenated alkanes) is 2. The summed E-state index contributed by atoms with van der Waals surface area (Å²) in [5, 5.41) is 9.57. The molecule has 212 valence electrons. The summed E-state index contributed by atoms with van der Waals surface area (Å²) in [5.41, 5.74) is 0.376. The summed E-state index contributed by atoms with van der Waals surface area (Å²) in [6, 6.07) is 0. The number of esters is 2. The Labute approximate surface area is 226 Å². The van der Waals surface area contributed by atoms with Crippen molar-refractivity contribution in [3.8, 4) is 0 Å². The SMILES string of the molecule is C=CC(=O)OCC(CC1CCC(C2CCC(CCCCC)CC2)CC1)CC(CCO)COC(=O)C(=C)C. The molecule has 5 heteroatoms. The first-order valence-electron chi connectivity index (χ1n) is 15.1. The highest BCUT2D eigenvalue weighted by Crippen LogP contribution is 2.43. The van der Waals surface area contributed by atoms with E-state index in [1.807, 2.05) is 0 Å². The minimum Gasteiger partial charge on any atom is -0.462 e. The predicted octanol–water partition coefficient (Wildman–Crippen LogP) is 7.42. The van der Waals surface area contributed by atoms with Crippen molar-refractivity contribution in [2.75, 3.05) is 19.8 Å². The zero-order valence-corrected chi connectivity index (χ0v) is 23.8. The lowest BCUT2D eigenvalue weighted by molar-refractivity contribution is -0.141. The highest BCUT2D eigenvalue weighted by Gasteiger charge is 2.32. The molecule has 2 unspecified atom stereocenters. The van der Waals surface area contributed by atoms with E-state index in [0.717, 1.165) is 30.6 Å². The van der Waals surface area contributed by atoms with Gasteiger partial charge in [-0.2, -0.15) is 0 Å². The van der Waals surface area contributed by atoms with E-state index >= 15 is 0 Å². The summed E-state index contributed by atoms with van der Waals surface area (Å²) in [4.78, 5) is 23.6. The van der Waals surface area contributed by atoms with Gasteiger partial charge in [-0.25, -0.2) is 9.59 Å². The fraction of sp³-hybridized carbons (Fsp3) is 0.812.